The van der Waals surface area contributed by atoms with Crippen molar-refractivity contribution in [1.29, 1.82) is 0 Å². The van der Waals surface area contributed by atoms with Crippen molar-refractivity contribution in [3.05, 3.63) is 66.1 Å². The zero-order valence-corrected chi connectivity index (χ0v) is 17.2. The van der Waals surface area contributed by atoms with Crippen molar-refractivity contribution in [2.45, 2.75) is 38.3 Å². The Kier molecular flexibility index (Phi) is 5.92. The first-order valence-corrected chi connectivity index (χ1v) is 10.3. The molecule has 0 aliphatic carbocycles. The van der Waals surface area contributed by atoms with Crippen molar-refractivity contribution >= 4 is 23.5 Å². The van der Waals surface area contributed by atoms with Gasteiger partial charge in [0.05, 0.1) is 6.04 Å². The van der Waals surface area contributed by atoms with Crippen LogP contribution in [0.15, 0.2) is 54.7 Å². The van der Waals surface area contributed by atoms with Crippen LogP contribution >= 0.6 is 0 Å². The number of imide groups is 1. The molecule has 1 aliphatic heterocycles. The molecular formula is C22H24N6O3. The summed E-state index contributed by atoms with van der Waals surface area (Å²) in [5.41, 5.74) is 1.76. The van der Waals surface area contributed by atoms with Crippen LogP contribution in [0.1, 0.15) is 37.2 Å². The van der Waals surface area contributed by atoms with Gasteiger partial charge in [0.1, 0.15) is 6.04 Å². The first-order chi connectivity index (χ1) is 15.0. The molecule has 0 saturated carbocycles. The molecule has 4 rings (SSSR count). The third-order valence-corrected chi connectivity index (χ3v) is 5.34. The Balaban J connectivity index is 1.28. The Morgan fingerprint density at radius 3 is 2.71 bits per heavy atom. The van der Waals surface area contributed by atoms with E-state index in [0.717, 1.165) is 5.56 Å². The first-order valence-electron chi connectivity index (χ1n) is 10.3. The summed E-state index contributed by atoms with van der Waals surface area (Å²) in [6.45, 7) is 2.14. The number of pyridine rings is 1. The minimum atomic E-state index is -0.682. The maximum absolute atomic E-state index is 12.6. The van der Waals surface area contributed by atoms with E-state index >= 15 is 0 Å². The summed E-state index contributed by atoms with van der Waals surface area (Å²) in [6, 6.07) is 13.8. The summed E-state index contributed by atoms with van der Waals surface area (Å²) in [4.78, 5) is 38.4. The van der Waals surface area contributed by atoms with Crippen molar-refractivity contribution in [2.24, 2.45) is 0 Å². The van der Waals surface area contributed by atoms with Gasteiger partial charge in [0, 0.05) is 19.2 Å². The third-order valence-electron chi connectivity index (χ3n) is 5.34. The first kappa shape index (κ1) is 20.5. The molecule has 2 N–H and O–H groups in total. The SMILES string of the molecule is C[C@@H](NC(=O)CC[C@H]1NC(=O)N(CCc2ccccc2)C1=O)c1nnc2ccccn12. The second-order valence-electron chi connectivity index (χ2n) is 7.54. The molecule has 3 aromatic rings. The molecule has 0 spiro atoms. The maximum atomic E-state index is 12.6. The Bertz CT molecular complexity index is 1100. The highest BCUT2D eigenvalue weighted by atomic mass is 16.2. The molecule has 2 atom stereocenters. The van der Waals surface area contributed by atoms with Gasteiger partial charge in [-0.25, -0.2) is 4.79 Å². The van der Waals surface area contributed by atoms with Crippen molar-refractivity contribution in [1.82, 2.24) is 30.1 Å². The number of hydrogen-bond acceptors (Lipinski definition) is 5. The second-order valence-corrected chi connectivity index (χ2v) is 7.54. The average molecular weight is 420 g/mol. The lowest BCUT2D eigenvalue weighted by Gasteiger charge is -2.14. The van der Waals surface area contributed by atoms with Gasteiger partial charge in [0.2, 0.25) is 5.91 Å². The molecule has 160 valence electrons. The molecule has 1 aliphatic rings. The van der Waals surface area contributed by atoms with Crippen molar-refractivity contribution in [2.75, 3.05) is 6.54 Å². The van der Waals surface area contributed by atoms with Crippen LogP contribution in [0.25, 0.3) is 5.65 Å². The molecule has 1 aromatic carbocycles. The van der Waals surface area contributed by atoms with Gasteiger partial charge in [-0.15, -0.1) is 10.2 Å². The van der Waals surface area contributed by atoms with Crippen LogP contribution in [-0.4, -0.2) is 49.9 Å². The smallest absolute Gasteiger partial charge is 0.324 e. The average Bonchev–Trinajstić information content (AvgIpc) is 3.32. The Morgan fingerprint density at radius 2 is 1.90 bits per heavy atom. The fourth-order valence-corrected chi connectivity index (χ4v) is 3.68. The van der Waals surface area contributed by atoms with Crippen molar-refractivity contribution in [3.8, 4) is 0 Å². The zero-order chi connectivity index (χ0) is 21.8. The summed E-state index contributed by atoms with van der Waals surface area (Å²) in [5.74, 6) is 0.122. The normalized spacial score (nSPS) is 17.1. The molecular weight excluding hydrogens is 396 g/mol. The number of carbonyl (C=O) groups excluding carboxylic acids is 3. The topological polar surface area (TPSA) is 109 Å². The monoisotopic (exact) mass is 420 g/mol. The van der Waals surface area contributed by atoms with Crippen molar-refractivity contribution in [3.63, 3.8) is 0 Å². The molecule has 1 fully saturated rings. The molecule has 0 unspecified atom stereocenters. The van der Waals surface area contributed by atoms with E-state index in [2.05, 4.69) is 20.8 Å². The Labute approximate surface area is 179 Å². The summed E-state index contributed by atoms with van der Waals surface area (Å²) in [7, 11) is 0. The molecule has 3 heterocycles. The van der Waals surface area contributed by atoms with Crippen LogP contribution in [0, 0.1) is 0 Å². The number of hydrogen-bond donors (Lipinski definition) is 2. The molecule has 2 aromatic heterocycles. The van der Waals surface area contributed by atoms with Gasteiger partial charge in [0.25, 0.3) is 5.91 Å². The Hall–Kier alpha value is -3.75. The van der Waals surface area contributed by atoms with Crippen molar-refractivity contribution < 1.29 is 14.4 Å². The van der Waals surface area contributed by atoms with Crippen LogP contribution < -0.4 is 10.6 Å². The van der Waals surface area contributed by atoms with Gasteiger partial charge in [-0.1, -0.05) is 36.4 Å². The molecule has 0 bridgehead atoms. The van der Waals surface area contributed by atoms with Gasteiger partial charge in [0.15, 0.2) is 11.5 Å². The largest absolute Gasteiger partial charge is 0.346 e. The highest BCUT2D eigenvalue weighted by molar-refractivity contribution is 6.04. The quantitative estimate of drug-likeness (QED) is 0.541. The zero-order valence-electron chi connectivity index (χ0n) is 17.2. The van der Waals surface area contributed by atoms with Gasteiger partial charge in [-0.3, -0.25) is 18.9 Å². The standard InChI is InChI=1S/C22H24N6O3/c1-15(20-26-25-18-9-5-6-13-27(18)20)23-19(29)11-10-17-21(30)28(22(31)24-17)14-12-16-7-3-2-4-8-16/h2-9,13,15,17H,10-12,14H2,1H3,(H,23,29)(H,24,31)/t15-,17-/m1/s1. The highest BCUT2D eigenvalue weighted by Gasteiger charge is 2.37. The highest BCUT2D eigenvalue weighted by Crippen LogP contribution is 2.15. The van der Waals surface area contributed by atoms with E-state index in [1.54, 1.807) is 0 Å². The number of rotatable bonds is 8. The lowest BCUT2D eigenvalue weighted by molar-refractivity contribution is -0.127. The van der Waals surface area contributed by atoms with E-state index < -0.39 is 12.1 Å². The number of nitrogens with one attached hydrogen (secondary N) is 2. The lowest BCUT2D eigenvalue weighted by Crippen LogP contribution is -2.34. The molecule has 4 amide bonds. The third kappa shape index (κ3) is 4.55. The van der Waals surface area contributed by atoms with Crippen LogP contribution in [0.4, 0.5) is 4.79 Å². The molecule has 31 heavy (non-hydrogen) atoms. The minimum absolute atomic E-state index is 0.115. The number of aromatic nitrogens is 3. The number of amides is 4. The molecule has 1 saturated heterocycles. The Morgan fingerprint density at radius 1 is 1.13 bits per heavy atom. The number of urea groups is 1. The number of fused-ring (bicyclic) bond motifs is 1. The van der Waals surface area contributed by atoms with Crippen LogP contribution in [0.2, 0.25) is 0 Å². The predicted molar refractivity (Wildman–Crippen MR) is 113 cm³/mol. The minimum Gasteiger partial charge on any atom is -0.346 e. The fourth-order valence-electron chi connectivity index (χ4n) is 3.68. The summed E-state index contributed by atoms with van der Waals surface area (Å²) in [5, 5.41) is 13.8. The van der Waals surface area contributed by atoms with Gasteiger partial charge in [-0.2, -0.15) is 0 Å². The van der Waals surface area contributed by atoms with E-state index in [9.17, 15) is 14.4 Å². The number of nitrogens with zero attached hydrogens (tertiary/aromatic N) is 4. The predicted octanol–water partition coefficient (Wildman–Crippen LogP) is 1.85. The molecule has 0 radical (unpaired) electrons. The number of benzene rings is 1. The summed E-state index contributed by atoms with van der Waals surface area (Å²) >= 11 is 0. The van der Waals surface area contributed by atoms with Gasteiger partial charge in [-0.05, 0) is 37.5 Å². The van der Waals surface area contributed by atoms with Gasteiger partial charge < -0.3 is 10.6 Å². The van der Waals surface area contributed by atoms with E-state index in [1.807, 2.05) is 66.1 Å². The van der Waals surface area contributed by atoms with Crippen LogP contribution in [0.5, 0.6) is 0 Å². The lowest BCUT2D eigenvalue weighted by atomic mass is 10.1. The second kappa shape index (κ2) is 8.95. The fraction of sp³-hybridized carbons (Fsp3) is 0.318. The van der Waals surface area contributed by atoms with Crippen LogP contribution in [-0.2, 0) is 16.0 Å². The van der Waals surface area contributed by atoms with E-state index in [1.165, 1.54) is 4.90 Å². The number of carbonyl (C=O) groups is 3. The van der Waals surface area contributed by atoms with Gasteiger partial charge >= 0.3 is 6.03 Å². The summed E-state index contributed by atoms with van der Waals surface area (Å²) in [6.07, 6.45) is 2.79. The summed E-state index contributed by atoms with van der Waals surface area (Å²) < 4.78 is 1.82. The van der Waals surface area contributed by atoms with E-state index in [-0.39, 0.29) is 30.7 Å². The molecule has 9 heteroatoms. The van der Waals surface area contributed by atoms with E-state index in [0.29, 0.717) is 24.4 Å². The maximum Gasteiger partial charge on any atom is 0.324 e. The van der Waals surface area contributed by atoms with E-state index in [4.69, 9.17) is 0 Å². The molecule has 9 nitrogen and oxygen atoms in total. The van der Waals surface area contributed by atoms with Crippen LogP contribution in [0.3, 0.4) is 0 Å².